The molecule has 0 bridgehead atoms. The van der Waals surface area contributed by atoms with E-state index in [2.05, 4.69) is 365 Å². The molecule has 0 saturated carbocycles. The van der Waals surface area contributed by atoms with Crippen LogP contribution in [0.15, 0.2) is 328 Å². The van der Waals surface area contributed by atoms with Gasteiger partial charge in [-0.1, -0.05) is 269 Å². The van der Waals surface area contributed by atoms with Crippen molar-refractivity contribution < 1.29 is 0 Å². The van der Waals surface area contributed by atoms with Crippen LogP contribution in [0.5, 0.6) is 0 Å². The molecule has 93 heavy (non-hydrogen) atoms. The van der Waals surface area contributed by atoms with Crippen molar-refractivity contribution in [1.82, 2.24) is 0 Å². The van der Waals surface area contributed by atoms with Crippen molar-refractivity contribution in [3.63, 3.8) is 0 Å². The Bertz CT molecular complexity index is 5470. The van der Waals surface area contributed by atoms with Gasteiger partial charge < -0.3 is 9.80 Å². The number of fused-ring (bicyclic) bond motifs is 15. The van der Waals surface area contributed by atoms with Crippen molar-refractivity contribution >= 4 is 66.4 Å². The highest BCUT2D eigenvalue weighted by Gasteiger charge is 2.44. The van der Waals surface area contributed by atoms with Gasteiger partial charge in [-0.25, -0.2) is 0 Å². The summed E-state index contributed by atoms with van der Waals surface area (Å²) in [5, 5.41) is 7.60. The highest BCUT2D eigenvalue weighted by atomic mass is 15.1. The van der Waals surface area contributed by atoms with E-state index in [1.807, 2.05) is 0 Å². The highest BCUT2D eigenvalue weighted by Crippen LogP contribution is 2.59. The van der Waals surface area contributed by atoms with E-state index in [9.17, 15) is 0 Å². The van der Waals surface area contributed by atoms with Crippen molar-refractivity contribution in [3.8, 4) is 55.6 Å². The first-order valence-electron chi connectivity index (χ1n) is 32.7. The predicted molar refractivity (Wildman–Crippen MR) is 392 cm³/mol. The van der Waals surface area contributed by atoms with E-state index in [0.717, 1.165) is 34.1 Å². The van der Waals surface area contributed by atoms with Crippen LogP contribution >= 0.6 is 0 Å². The quantitative estimate of drug-likeness (QED) is 0.126. The summed E-state index contributed by atoms with van der Waals surface area (Å²) in [6.45, 7) is 9.58. The Hall–Kier alpha value is -11.3. The smallest absolute Gasteiger partial charge is 0.0543 e. The summed E-state index contributed by atoms with van der Waals surface area (Å²) in [6, 6.07) is 123. The maximum atomic E-state index is 2.48. The zero-order valence-corrected chi connectivity index (χ0v) is 52.6. The van der Waals surface area contributed by atoms with Crippen molar-refractivity contribution in [3.05, 3.63) is 372 Å². The van der Waals surface area contributed by atoms with Crippen LogP contribution in [0.4, 0.5) is 34.1 Å². The average Bonchev–Trinajstić information content (AvgIpc) is 1.65. The molecule has 15 aromatic rings. The Kier molecular flexibility index (Phi) is 12.3. The van der Waals surface area contributed by atoms with Crippen molar-refractivity contribution in [1.29, 1.82) is 0 Å². The zero-order chi connectivity index (χ0) is 62.2. The molecular weight excluding hydrogens is 1120 g/mol. The fourth-order valence-corrected chi connectivity index (χ4v) is 16.7. The van der Waals surface area contributed by atoms with Gasteiger partial charge in [-0.2, -0.15) is 0 Å². The average molecular weight is 1190 g/mol. The minimum atomic E-state index is -0.442. The van der Waals surface area contributed by atoms with Gasteiger partial charge in [-0.3, -0.25) is 0 Å². The van der Waals surface area contributed by atoms with Crippen LogP contribution in [0, 0.1) is 0 Å². The first-order chi connectivity index (χ1) is 45.6. The van der Waals surface area contributed by atoms with Gasteiger partial charge in [-0.05, 0) is 214 Å². The molecule has 18 rings (SSSR count). The standard InChI is InChI=1S/C91H66N2/c1-89(2)81-36-18-15-33-75(81)77-53-50-69(58-86(77)89)92(67-51-54-84-80(57-67)76-34-16-19-37-82(76)90(84,3)63-24-7-5-8-25-63)66-47-45-60(46-48-66)59-41-43-61(44-42-59)62-23-21-26-64(55-62)91(4)83-38-20-17-35-78(83)88-85(91)39-22-40-87(88)93(65-27-9-6-10-28-65)68-49-52-74-72-31-12-11-29-70(72)71-30-13-14-32-73(71)79(74)56-68/h5-58H,1-4H3. The molecule has 0 spiro atoms. The molecule has 0 N–H and O–H groups in total. The van der Waals surface area contributed by atoms with Crippen LogP contribution in [0.25, 0.3) is 88.0 Å². The Morgan fingerprint density at radius 1 is 0.215 bits per heavy atom. The van der Waals surface area contributed by atoms with E-state index in [0.29, 0.717) is 0 Å². The molecule has 440 valence electrons. The first kappa shape index (κ1) is 54.6. The van der Waals surface area contributed by atoms with Crippen molar-refractivity contribution in [2.45, 2.75) is 43.9 Å². The largest absolute Gasteiger partial charge is 0.310 e. The molecule has 2 unspecified atom stereocenters. The number of benzene rings is 15. The Morgan fingerprint density at radius 2 is 0.645 bits per heavy atom. The van der Waals surface area contributed by atoms with E-state index in [1.54, 1.807) is 0 Å². The van der Waals surface area contributed by atoms with Gasteiger partial charge in [-0.15, -0.1) is 0 Å². The SMILES string of the molecule is CC1(C)c2ccccc2-c2ccc(N(c3ccc(-c4ccc(-c5cccc(C6(C)c7ccccc7-c7c(N(c8ccccc8)c8ccc9c%10ccccc%10c%10ccccc%10c9c8)cccc76)c5)cc4)cc3)c3ccc4c(c3)-c3ccccc3C4(C)c3ccccc3)cc21. The molecule has 2 nitrogen and oxygen atoms in total. The summed E-state index contributed by atoms with van der Waals surface area (Å²) < 4.78 is 0. The molecule has 0 amide bonds. The molecule has 2 atom stereocenters. The summed E-state index contributed by atoms with van der Waals surface area (Å²) in [7, 11) is 0. The lowest BCUT2D eigenvalue weighted by Crippen LogP contribution is -2.22. The normalized spacial score (nSPS) is 16.1. The molecule has 3 aliphatic carbocycles. The van der Waals surface area contributed by atoms with Crippen LogP contribution in [0.3, 0.4) is 0 Å². The van der Waals surface area contributed by atoms with E-state index in [4.69, 9.17) is 0 Å². The lowest BCUT2D eigenvalue weighted by atomic mass is 9.73. The second kappa shape index (κ2) is 20.9. The van der Waals surface area contributed by atoms with E-state index >= 15 is 0 Å². The maximum absolute atomic E-state index is 2.48. The topological polar surface area (TPSA) is 6.48 Å². The van der Waals surface area contributed by atoms with Crippen molar-refractivity contribution in [2.75, 3.05) is 9.80 Å². The van der Waals surface area contributed by atoms with Crippen LogP contribution < -0.4 is 9.80 Å². The zero-order valence-electron chi connectivity index (χ0n) is 52.6. The third-order valence-corrected chi connectivity index (χ3v) is 21.4. The molecule has 0 radical (unpaired) electrons. The molecule has 15 aromatic carbocycles. The second-order valence-corrected chi connectivity index (χ2v) is 26.6. The van der Waals surface area contributed by atoms with Gasteiger partial charge in [0.15, 0.2) is 0 Å². The molecule has 0 heterocycles. The van der Waals surface area contributed by atoms with E-state index < -0.39 is 5.41 Å². The summed E-state index contributed by atoms with van der Waals surface area (Å²) in [6.07, 6.45) is 0. The highest BCUT2D eigenvalue weighted by molar-refractivity contribution is 6.26. The molecule has 2 heteroatoms. The molecule has 0 aromatic heterocycles. The van der Waals surface area contributed by atoms with Gasteiger partial charge in [0.25, 0.3) is 0 Å². The second-order valence-electron chi connectivity index (χ2n) is 26.6. The van der Waals surface area contributed by atoms with Crippen LogP contribution in [0.1, 0.15) is 72.2 Å². The maximum Gasteiger partial charge on any atom is 0.0543 e. The third-order valence-electron chi connectivity index (χ3n) is 21.4. The minimum Gasteiger partial charge on any atom is -0.310 e. The van der Waals surface area contributed by atoms with Gasteiger partial charge in [0.1, 0.15) is 0 Å². The molecular formula is C91H66N2. The van der Waals surface area contributed by atoms with Gasteiger partial charge >= 0.3 is 0 Å². The van der Waals surface area contributed by atoms with Crippen LogP contribution in [0.2, 0.25) is 0 Å². The fourth-order valence-electron chi connectivity index (χ4n) is 16.7. The fraction of sp³-hybridized carbons (Fsp3) is 0.0769. The summed E-state index contributed by atoms with van der Waals surface area (Å²) in [4.78, 5) is 4.95. The predicted octanol–water partition coefficient (Wildman–Crippen LogP) is 24.4. The molecule has 0 aliphatic heterocycles. The lowest BCUT2D eigenvalue weighted by Gasteiger charge is -2.31. The monoisotopic (exact) mass is 1190 g/mol. The number of hydrogen-bond acceptors (Lipinski definition) is 2. The molecule has 0 saturated heterocycles. The summed E-state index contributed by atoms with van der Waals surface area (Å²) >= 11 is 0. The number of hydrogen-bond donors (Lipinski definition) is 0. The molecule has 3 aliphatic rings. The van der Waals surface area contributed by atoms with Gasteiger partial charge in [0.2, 0.25) is 0 Å². The van der Waals surface area contributed by atoms with E-state index in [-0.39, 0.29) is 10.8 Å². The van der Waals surface area contributed by atoms with Crippen LogP contribution in [-0.2, 0) is 16.2 Å². The lowest BCUT2D eigenvalue weighted by molar-refractivity contribution is 0.660. The third kappa shape index (κ3) is 8.21. The Labute approximate surface area is 544 Å². The van der Waals surface area contributed by atoms with Crippen LogP contribution in [-0.4, -0.2) is 0 Å². The van der Waals surface area contributed by atoms with E-state index in [1.165, 1.54) is 132 Å². The summed E-state index contributed by atoms with van der Waals surface area (Å²) in [5.74, 6) is 0. The number of rotatable bonds is 10. The number of para-hydroxylation sites is 1. The Morgan fingerprint density at radius 3 is 1.33 bits per heavy atom. The first-order valence-corrected chi connectivity index (χ1v) is 32.7. The number of nitrogens with zero attached hydrogens (tertiary/aromatic N) is 2. The van der Waals surface area contributed by atoms with Gasteiger partial charge in [0.05, 0.1) is 5.69 Å². The van der Waals surface area contributed by atoms with Crippen molar-refractivity contribution in [2.24, 2.45) is 0 Å². The summed E-state index contributed by atoms with van der Waals surface area (Å²) in [5.41, 5.74) is 28.9. The van der Waals surface area contributed by atoms with Gasteiger partial charge in [0, 0.05) is 50.2 Å². The molecule has 0 fully saturated rings. The minimum absolute atomic E-state index is 0.146. The Balaban J connectivity index is 0.696. The number of anilines is 6.